The largest absolute Gasteiger partial charge is 0.496 e. The summed E-state index contributed by atoms with van der Waals surface area (Å²) in [6, 6.07) is 2.19. The molecule has 1 aliphatic rings. The molecule has 0 bridgehead atoms. The van der Waals surface area contributed by atoms with Gasteiger partial charge in [0.25, 0.3) is 0 Å². The van der Waals surface area contributed by atoms with Crippen LogP contribution < -0.4 is 5.32 Å². The Bertz CT molecular complexity index is 392. The van der Waals surface area contributed by atoms with E-state index in [1.54, 1.807) is 6.20 Å². The lowest BCUT2D eigenvalue weighted by Crippen LogP contribution is -2.23. The van der Waals surface area contributed by atoms with E-state index >= 15 is 0 Å². The second kappa shape index (κ2) is 5.46. The molecule has 0 saturated carbocycles. The summed E-state index contributed by atoms with van der Waals surface area (Å²) >= 11 is 3.44. The Morgan fingerprint density at radius 3 is 3.06 bits per heavy atom. The molecule has 1 aromatic rings. The van der Waals surface area contributed by atoms with E-state index < -0.39 is 0 Å². The zero-order chi connectivity index (χ0) is 11.4. The van der Waals surface area contributed by atoms with Crippen molar-refractivity contribution in [2.24, 2.45) is 0 Å². The molecule has 0 fully saturated rings. The summed E-state index contributed by atoms with van der Waals surface area (Å²) in [5.74, 6) is 1.02. The van der Waals surface area contributed by atoms with Crippen LogP contribution in [0.15, 0.2) is 34.8 Å². The number of rotatable bonds is 4. The molecule has 0 amide bonds. The van der Waals surface area contributed by atoms with Gasteiger partial charge in [0, 0.05) is 23.3 Å². The number of hydrogen-bond donors (Lipinski definition) is 1. The molecule has 0 spiro atoms. The molecule has 2 rings (SSSR count). The van der Waals surface area contributed by atoms with Crippen LogP contribution in [0.4, 0.5) is 0 Å². The summed E-state index contributed by atoms with van der Waals surface area (Å²) in [6.07, 6.45) is 6.81. The Labute approximate surface area is 104 Å². The quantitative estimate of drug-likeness (QED) is 0.922. The summed E-state index contributed by atoms with van der Waals surface area (Å²) in [7, 11) is 0. The number of nitrogens with zero attached hydrogens (tertiary/aromatic N) is 1. The first-order chi connectivity index (χ1) is 7.81. The maximum atomic E-state index is 5.62. The zero-order valence-corrected chi connectivity index (χ0v) is 10.8. The van der Waals surface area contributed by atoms with Gasteiger partial charge in [-0.25, -0.2) is 0 Å². The lowest BCUT2D eigenvalue weighted by atomic mass is 10.1. The molecule has 1 atom stereocenters. The first-order valence-corrected chi connectivity index (χ1v) is 6.27. The Morgan fingerprint density at radius 2 is 2.44 bits per heavy atom. The van der Waals surface area contributed by atoms with Gasteiger partial charge in [-0.15, -0.1) is 0 Å². The molecule has 0 aliphatic carbocycles. The van der Waals surface area contributed by atoms with Crippen LogP contribution in [-0.2, 0) is 4.74 Å². The Hall–Kier alpha value is -0.870. The van der Waals surface area contributed by atoms with E-state index in [4.69, 9.17) is 4.74 Å². The van der Waals surface area contributed by atoms with E-state index in [9.17, 15) is 0 Å². The summed E-state index contributed by atoms with van der Waals surface area (Å²) in [6.45, 7) is 3.78. The fourth-order valence-corrected chi connectivity index (χ4v) is 2.19. The molecule has 0 radical (unpaired) electrons. The summed E-state index contributed by atoms with van der Waals surface area (Å²) in [5, 5.41) is 3.41. The third-order valence-corrected chi connectivity index (χ3v) is 2.92. The molecule has 3 nitrogen and oxygen atoms in total. The highest BCUT2D eigenvalue weighted by Gasteiger charge is 2.20. The Morgan fingerprint density at radius 1 is 1.56 bits per heavy atom. The van der Waals surface area contributed by atoms with Gasteiger partial charge in [0.15, 0.2) is 0 Å². The monoisotopic (exact) mass is 282 g/mol. The number of aromatic nitrogens is 1. The van der Waals surface area contributed by atoms with Crippen molar-refractivity contribution in [3.63, 3.8) is 0 Å². The molecule has 1 N–H and O–H groups in total. The molecule has 1 aliphatic heterocycles. The van der Waals surface area contributed by atoms with Gasteiger partial charge >= 0.3 is 0 Å². The van der Waals surface area contributed by atoms with Gasteiger partial charge in [-0.05, 0) is 40.2 Å². The molecule has 0 saturated heterocycles. The van der Waals surface area contributed by atoms with E-state index in [2.05, 4.69) is 45.3 Å². The highest BCUT2D eigenvalue weighted by molar-refractivity contribution is 9.10. The predicted octanol–water partition coefficient (Wildman–Crippen LogP) is 2.80. The maximum Gasteiger partial charge on any atom is 0.114 e. The first-order valence-electron chi connectivity index (χ1n) is 5.48. The van der Waals surface area contributed by atoms with Crippen LogP contribution >= 0.6 is 15.9 Å². The van der Waals surface area contributed by atoms with Crippen molar-refractivity contribution in [2.45, 2.75) is 19.4 Å². The maximum absolute atomic E-state index is 5.62. The third-order valence-electron chi connectivity index (χ3n) is 2.48. The number of pyridine rings is 1. The van der Waals surface area contributed by atoms with Crippen molar-refractivity contribution in [3.05, 3.63) is 40.3 Å². The minimum atomic E-state index is 0.123. The van der Waals surface area contributed by atoms with Crippen LogP contribution in [0.25, 0.3) is 0 Å². The van der Waals surface area contributed by atoms with E-state index in [0.29, 0.717) is 0 Å². The molecule has 1 aromatic heterocycles. The van der Waals surface area contributed by atoms with E-state index in [-0.39, 0.29) is 6.04 Å². The van der Waals surface area contributed by atoms with Gasteiger partial charge in [-0.3, -0.25) is 4.98 Å². The van der Waals surface area contributed by atoms with Gasteiger partial charge in [-0.2, -0.15) is 0 Å². The second-order valence-electron chi connectivity index (χ2n) is 3.67. The fourth-order valence-electron chi connectivity index (χ4n) is 1.81. The summed E-state index contributed by atoms with van der Waals surface area (Å²) < 4.78 is 6.61. The van der Waals surface area contributed by atoms with E-state index in [1.807, 2.05) is 6.20 Å². The molecule has 4 heteroatoms. The molecule has 2 heterocycles. The number of likely N-dealkylation sites (N-methyl/N-ethyl adjacent to an activating group) is 1. The highest BCUT2D eigenvalue weighted by Crippen LogP contribution is 2.27. The Balaban J connectivity index is 2.24. The average molecular weight is 283 g/mol. The lowest BCUT2D eigenvalue weighted by Gasteiger charge is -2.19. The average Bonchev–Trinajstić information content (AvgIpc) is 2.79. The lowest BCUT2D eigenvalue weighted by molar-refractivity contribution is 0.216. The van der Waals surface area contributed by atoms with Crippen LogP contribution in [0.5, 0.6) is 0 Å². The molecule has 16 heavy (non-hydrogen) atoms. The van der Waals surface area contributed by atoms with Gasteiger partial charge in [0.1, 0.15) is 5.76 Å². The number of ether oxygens (including phenoxy) is 1. The van der Waals surface area contributed by atoms with Crippen molar-refractivity contribution in [1.82, 2.24) is 10.3 Å². The first kappa shape index (κ1) is 11.6. The second-order valence-corrected chi connectivity index (χ2v) is 4.59. The zero-order valence-electron chi connectivity index (χ0n) is 9.24. The van der Waals surface area contributed by atoms with Crippen LogP contribution in [0, 0.1) is 0 Å². The molecular weight excluding hydrogens is 268 g/mol. The highest BCUT2D eigenvalue weighted by atomic mass is 79.9. The minimum absolute atomic E-state index is 0.123. The van der Waals surface area contributed by atoms with Crippen LogP contribution in [0.1, 0.15) is 24.9 Å². The van der Waals surface area contributed by atoms with Crippen LogP contribution in [-0.4, -0.2) is 18.1 Å². The SMILES string of the molecule is CCNC(C1=CCCO1)c1cncc(Br)c1. The van der Waals surface area contributed by atoms with E-state index in [0.717, 1.165) is 35.4 Å². The van der Waals surface area contributed by atoms with Gasteiger partial charge in [0.2, 0.25) is 0 Å². The molecular formula is C12H15BrN2O. The van der Waals surface area contributed by atoms with Gasteiger partial charge < -0.3 is 10.1 Å². The number of nitrogens with one attached hydrogen (secondary N) is 1. The van der Waals surface area contributed by atoms with E-state index in [1.165, 1.54) is 0 Å². The summed E-state index contributed by atoms with van der Waals surface area (Å²) in [5.41, 5.74) is 1.13. The smallest absolute Gasteiger partial charge is 0.114 e. The summed E-state index contributed by atoms with van der Waals surface area (Å²) in [4.78, 5) is 4.19. The minimum Gasteiger partial charge on any atom is -0.496 e. The van der Waals surface area contributed by atoms with Crippen molar-refractivity contribution < 1.29 is 4.74 Å². The molecule has 0 aromatic carbocycles. The molecule has 1 unspecified atom stereocenters. The standard InChI is InChI=1S/C12H15BrN2O/c1-2-15-12(11-4-3-5-16-11)9-6-10(13)8-14-7-9/h4,6-8,12,15H,2-3,5H2,1H3. The normalized spacial score (nSPS) is 16.8. The van der Waals surface area contributed by atoms with Crippen molar-refractivity contribution in [1.29, 1.82) is 0 Å². The Kier molecular flexibility index (Phi) is 3.96. The van der Waals surface area contributed by atoms with Crippen LogP contribution in [0.2, 0.25) is 0 Å². The topological polar surface area (TPSA) is 34.1 Å². The number of hydrogen-bond acceptors (Lipinski definition) is 3. The predicted molar refractivity (Wildman–Crippen MR) is 67.0 cm³/mol. The molecule has 86 valence electrons. The van der Waals surface area contributed by atoms with Crippen molar-refractivity contribution in [2.75, 3.05) is 13.2 Å². The van der Waals surface area contributed by atoms with Crippen molar-refractivity contribution >= 4 is 15.9 Å². The third kappa shape index (κ3) is 2.62. The van der Waals surface area contributed by atoms with Crippen molar-refractivity contribution in [3.8, 4) is 0 Å². The van der Waals surface area contributed by atoms with Crippen LogP contribution in [0.3, 0.4) is 0 Å². The van der Waals surface area contributed by atoms with Gasteiger partial charge in [0.05, 0.1) is 12.6 Å². The van der Waals surface area contributed by atoms with Gasteiger partial charge in [-0.1, -0.05) is 6.92 Å². The fraction of sp³-hybridized carbons (Fsp3) is 0.417. The number of halogens is 1.